The van der Waals surface area contributed by atoms with Gasteiger partial charge in [-0.05, 0) is 43.5 Å². The van der Waals surface area contributed by atoms with Crippen LogP contribution in [0.25, 0.3) is 11.0 Å². The average molecular weight is 273 g/mol. The van der Waals surface area contributed by atoms with E-state index in [2.05, 4.69) is 42.5 Å². The molecule has 2 rings (SSSR count). The molecule has 0 amide bonds. The normalized spacial score (nSPS) is 11.4. The molecule has 110 valence electrons. The van der Waals surface area contributed by atoms with E-state index in [1.54, 1.807) is 0 Å². The average Bonchev–Trinajstić information content (AvgIpc) is 2.76. The van der Waals surface area contributed by atoms with Gasteiger partial charge in [-0.3, -0.25) is 0 Å². The van der Waals surface area contributed by atoms with Gasteiger partial charge in [0.1, 0.15) is 5.82 Å². The van der Waals surface area contributed by atoms with Gasteiger partial charge in [-0.25, -0.2) is 4.98 Å². The van der Waals surface area contributed by atoms with Gasteiger partial charge >= 0.3 is 0 Å². The first-order valence-electron chi connectivity index (χ1n) is 7.83. The third-order valence-electron chi connectivity index (χ3n) is 4.11. The zero-order valence-corrected chi connectivity index (χ0v) is 13.1. The second-order valence-corrected chi connectivity index (χ2v) is 5.72. The first-order chi connectivity index (χ1) is 9.67. The van der Waals surface area contributed by atoms with Crippen LogP contribution in [0.4, 0.5) is 0 Å². The van der Waals surface area contributed by atoms with Gasteiger partial charge in [0.25, 0.3) is 0 Å². The fourth-order valence-corrected chi connectivity index (χ4v) is 2.71. The molecular formula is C17H27N3. The summed E-state index contributed by atoms with van der Waals surface area (Å²) in [5.41, 5.74) is 10.8. The molecule has 0 unspecified atom stereocenters. The molecule has 0 fully saturated rings. The van der Waals surface area contributed by atoms with E-state index in [-0.39, 0.29) is 0 Å². The number of rotatable bonds is 7. The lowest BCUT2D eigenvalue weighted by Gasteiger charge is -2.09. The summed E-state index contributed by atoms with van der Waals surface area (Å²) in [5, 5.41) is 0. The molecule has 1 aromatic heterocycles. The molecule has 2 aromatic rings. The SMILES string of the molecule is CCCCCCCn1c(CN)nc2cc(C)c(C)cc21. The zero-order valence-electron chi connectivity index (χ0n) is 13.1. The second kappa shape index (κ2) is 6.89. The summed E-state index contributed by atoms with van der Waals surface area (Å²) in [5.74, 6) is 1.01. The Balaban J connectivity index is 2.19. The highest BCUT2D eigenvalue weighted by molar-refractivity contribution is 5.78. The number of fused-ring (bicyclic) bond motifs is 1. The number of benzene rings is 1. The molecule has 0 spiro atoms. The second-order valence-electron chi connectivity index (χ2n) is 5.72. The molecule has 0 radical (unpaired) electrons. The van der Waals surface area contributed by atoms with Crippen LogP contribution in [0.15, 0.2) is 12.1 Å². The molecule has 20 heavy (non-hydrogen) atoms. The first-order valence-corrected chi connectivity index (χ1v) is 7.83. The molecule has 3 nitrogen and oxygen atoms in total. The van der Waals surface area contributed by atoms with Gasteiger partial charge in [0.05, 0.1) is 17.6 Å². The van der Waals surface area contributed by atoms with Crippen molar-refractivity contribution in [3.63, 3.8) is 0 Å². The Kier molecular flexibility index (Phi) is 5.18. The van der Waals surface area contributed by atoms with Crippen LogP contribution in [0.3, 0.4) is 0 Å². The van der Waals surface area contributed by atoms with Crippen molar-refractivity contribution in [3.8, 4) is 0 Å². The first kappa shape index (κ1) is 15.0. The van der Waals surface area contributed by atoms with E-state index >= 15 is 0 Å². The molecule has 0 saturated heterocycles. The molecule has 0 aliphatic carbocycles. The van der Waals surface area contributed by atoms with Crippen molar-refractivity contribution in [2.45, 2.75) is 66.0 Å². The van der Waals surface area contributed by atoms with E-state index < -0.39 is 0 Å². The number of imidazole rings is 1. The number of hydrogen-bond donors (Lipinski definition) is 1. The minimum atomic E-state index is 0.516. The third kappa shape index (κ3) is 3.21. The van der Waals surface area contributed by atoms with Crippen molar-refractivity contribution in [2.24, 2.45) is 5.73 Å². The van der Waals surface area contributed by atoms with Crippen molar-refractivity contribution >= 4 is 11.0 Å². The fourth-order valence-electron chi connectivity index (χ4n) is 2.71. The third-order valence-corrected chi connectivity index (χ3v) is 4.11. The van der Waals surface area contributed by atoms with Crippen LogP contribution in [0.5, 0.6) is 0 Å². The topological polar surface area (TPSA) is 43.8 Å². The molecule has 0 aliphatic heterocycles. The predicted molar refractivity (Wildman–Crippen MR) is 85.9 cm³/mol. The standard InChI is InChI=1S/C17H27N3/c1-4-5-6-7-8-9-20-16-11-14(3)13(2)10-15(16)19-17(20)12-18/h10-11H,4-9,12,18H2,1-3H3. The maximum atomic E-state index is 5.86. The van der Waals surface area contributed by atoms with Crippen LogP contribution >= 0.6 is 0 Å². The van der Waals surface area contributed by atoms with E-state index in [0.717, 1.165) is 17.9 Å². The summed E-state index contributed by atoms with van der Waals surface area (Å²) in [6, 6.07) is 4.43. The van der Waals surface area contributed by atoms with Gasteiger partial charge in [-0.15, -0.1) is 0 Å². The number of nitrogens with two attached hydrogens (primary N) is 1. The summed E-state index contributed by atoms with van der Waals surface area (Å²) in [7, 11) is 0. The van der Waals surface area contributed by atoms with Crippen molar-refractivity contribution < 1.29 is 0 Å². The smallest absolute Gasteiger partial charge is 0.123 e. The number of hydrogen-bond acceptors (Lipinski definition) is 2. The monoisotopic (exact) mass is 273 g/mol. The van der Waals surface area contributed by atoms with Gasteiger partial charge in [0.15, 0.2) is 0 Å². The lowest BCUT2D eigenvalue weighted by Crippen LogP contribution is -2.08. The van der Waals surface area contributed by atoms with Crippen LogP contribution in [0, 0.1) is 13.8 Å². The summed E-state index contributed by atoms with van der Waals surface area (Å²) in [6.07, 6.45) is 6.47. The Morgan fingerprint density at radius 2 is 1.75 bits per heavy atom. The summed E-state index contributed by atoms with van der Waals surface area (Å²) >= 11 is 0. The minimum Gasteiger partial charge on any atom is -0.327 e. The molecule has 0 atom stereocenters. The Bertz CT molecular complexity index is 569. The zero-order chi connectivity index (χ0) is 14.5. The fraction of sp³-hybridized carbons (Fsp3) is 0.588. The molecule has 1 aromatic carbocycles. The maximum Gasteiger partial charge on any atom is 0.123 e. The van der Waals surface area contributed by atoms with Crippen molar-refractivity contribution in [1.82, 2.24) is 9.55 Å². The molecule has 0 saturated carbocycles. The Morgan fingerprint density at radius 3 is 2.45 bits per heavy atom. The van der Waals surface area contributed by atoms with Crippen LogP contribution in [-0.4, -0.2) is 9.55 Å². The Labute approximate surface area is 122 Å². The molecule has 3 heteroatoms. The number of nitrogens with zero attached hydrogens (tertiary/aromatic N) is 2. The van der Waals surface area contributed by atoms with Crippen molar-refractivity contribution in [3.05, 3.63) is 29.1 Å². The van der Waals surface area contributed by atoms with Crippen molar-refractivity contribution in [2.75, 3.05) is 0 Å². The quantitative estimate of drug-likeness (QED) is 0.772. The highest BCUT2D eigenvalue weighted by Crippen LogP contribution is 2.21. The maximum absolute atomic E-state index is 5.86. The minimum absolute atomic E-state index is 0.516. The van der Waals surface area contributed by atoms with Crippen LogP contribution in [-0.2, 0) is 13.1 Å². The number of aromatic nitrogens is 2. The summed E-state index contributed by atoms with van der Waals surface area (Å²) in [4.78, 5) is 4.69. The Hall–Kier alpha value is -1.35. The van der Waals surface area contributed by atoms with Crippen LogP contribution in [0.1, 0.15) is 56.0 Å². The van der Waals surface area contributed by atoms with Gasteiger partial charge in [-0.1, -0.05) is 32.6 Å². The van der Waals surface area contributed by atoms with Crippen LogP contribution in [0.2, 0.25) is 0 Å². The van der Waals surface area contributed by atoms with E-state index in [9.17, 15) is 0 Å². The highest BCUT2D eigenvalue weighted by Gasteiger charge is 2.10. The lowest BCUT2D eigenvalue weighted by atomic mass is 10.1. The molecule has 0 aliphatic rings. The van der Waals surface area contributed by atoms with Gasteiger partial charge in [0.2, 0.25) is 0 Å². The number of unbranched alkanes of at least 4 members (excludes halogenated alkanes) is 4. The van der Waals surface area contributed by atoms with Gasteiger partial charge in [0, 0.05) is 6.54 Å². The predicted octanol–water partition coefficient (Wildman–Crippen LogP) is 4.08. The summed E-state index contributed by atoms with van der Waals surface area (Å²) < 4.78 is 2.31. The molecule has 0 bridgehead atoms. The van der Waals surface area contributed by atoms with E-state index in [1.165, 1.54) is 48.7 Å². The largest absolute Gasteiger partial charge is 0.327 e. The van der Waals surface area contributed by atoms with Gasteiger partial charge < -0.3 is 10.3 Å². The van der Waals surface area contributed by atoms with E-state index in [1.807, 2.05) is 0 Å². The van der Waals surface area contributed by atoms with E-state index in [4.69, 9.17) is 5.73 Å². The molecular weight excluding hydrogens is 246 g/mol. The Morgan fingerprint density at radius 1 is 1.05 bits per heavy atom. The van der Waals surface area contributed by atoms with E-state index in [0.29, 0.717) is 6.54 Å². The number of aryl methyl sites for hydroxylation is 3. The van der Waals surface area contributed by atoms with Gasteiger partial charge in [-0.2, -0.15) is 0 Å². The lowest BCUT2D eigenvalue weighted by molar-refractivity contribution is 0.562. The molecule has 2 N–H and O–H groups in total. The van der Waals surface area contributed by atoms with Crippen molar-refractivity contribution in [1.29, 1.82) is 0 Å². The summed E-state index contributed by atoms with van der Waals surface area (Å²) in [6.45, 7) is 8.11. The molecule has 1 heterocycles. The highest BCUT2D eigenvalue weighted by atomic mass is 15.1. The van der Waals surface area contributed by atoms with Crippen LogP contribution < -0.4 is 5.73 Å².